The molecule has 7 heteroatoms. The summed E-state index contributed by atoms with van der Waals surface area (Å²) in [7, 11) is -3.38. The summed E-state index contributed by atoms with van der Waals surface area (Å²) in [6.45, 7) is 0. The molecule has 0 aliphatic heterocycles. The minimum absolute atomic E-state index is 0.0381. The molecule has 116 valence electrons. The predicted molar refractivity (Wildman–Crippen MR) is 81.6 cm³/mol. The van der Waals surface area contributed by atoms with Crippen molar-refractivity contribution in [1.29, 1.82) is 0 Å². The van der Waals surface area contributed by atoms with E-state index in [1.807, 2.05) is 30.3 Å². The second-order valence-corrected chi connectivity index (χ2v) is 7.21. The number of rotatable bonds is 6. The molecule has 1 aromatic rings. The molecule has 21 heavy (non-hydrogen) atoms. The summed E-state index contributed by atoms with van der Waals surface area (Å²) < 4.78 is 27.0. The maximum Gasteiger partial charge on any atom is 0.212 e. The number of hydrogen-bond donors (Lipinski definition) is 3. The van der Waals surface area contributed by atoms with E-state index < -0.39 is 10.0 Å². The average molecular weight is 311 g/mol. The molecule has 0 heterocycles. The second-order valence-electron chi connectivity index (χ2n) is 5.34. The molecule has 0 saturated heterocycles. The Bertz CT molecular complexity index is 587. The molecule has 0 amide bonds. The molecule has 2 rings (SSSR count). The van der Waals surface area contributed by atoms with Gasteiger partial charge in [0.25, 0.3) is 0 Å². The Labute approximate surface area is 125 Å². The van der Waals surface area contributed by atoms with Crippen LogP contribution >= 0.6 is 0 Å². The fourth-order valence-corrected chi connectivity index (χ4v) is 4.08. The Balaban J connectivity index is 1.94. The van der Waals surface area contributed by atoms with Gasteiger partial charge in [-0.2, -0.15) is 0 Å². The Morgan fingerprint density at radius 1 is 1.33 bits per heavy atom. The summed E-state index contributed by atoms with van der Waals surface area (Å²) in [5.74, 6) is -0.0825. The maximum absolute atomic E-state index is 12.2. The molecule has 1 aliphatic rings. The van der Waals surface area contributed by atoms with Gasteiger partial charge >= 0.3 is 0 Å². The Kier molecular flexibility index (Phi) is 5.19. The van der Waals surface area contributed by atoms with Crippen molar-refractivity contribution in [3.63, 3.8) is 0 Å². The fraction of sp³-hybridized carbons (Fsp3) is 0.500. The van der Waals surface area contributed by atoms with Crippen LogP contribution in [0.3, 0.4) is 0 Å². The lowest BCUT2D eigenvalue weighted by molar-refractivity contribution is 0.312. The quantitative estimate of drug-likeness (QED) is 0.316. The minimum Gasteiger partial charge on any atom is -0.409 e. The molecule has 2 unspecified atom stereocenters. The van der Waals surface area contributed by atoms with E-state index in [-0.39, 0.29) is 23.5 Å². The van der Waals surface area contributed by atoms with E-state index in [1.165, 1.54) is 0 Å². The van der Waals surface area contributed by atoms with Gasteiger partial charge in [0.15, 0.2) is 0 Å². The van der Waals surface area contributed by atoms with Gasteiger partial charge in [-0.25, -0.2) is 13.1 Å². The van der Waals surface area contributed by atoms with Gasteiger partial charge in [0.1, 0.15) is 5.84 Å². The van der Waals surface area contributed by atoms with Crippen LogP contribution in [-0.4, -0.2) is 31.3 Å². The molecule has 0 bridgehead atoms. The number of benzene rings is 1. The minimum atomic E-state index is -3.38. The van der Waals surface area contributed by atoms with Crippen molar-refractivity contribution >= 4 is 15.9 Å². The van der Waals surface area contributed by atoms with E-state index in [4.69, 9.17) is 10.9 Å². The molecule has 6 nitrogen and oxygen atoms in total. The molecular formula is C14H21N3O3S. The van der Waals surface area contributed by atoms with Gasteiger partial charge in [-0.05, 0) is 24.8 Å². The zero-order valence-electron chi connectivity index (χ0n) is 11.8. The number of nitrogens with two attached hydrogens (primary N) is 1. The third kappa shape index (κ3) is 4.44. The van der Waals surface area contributed by atoms with Crippen LogP contribution in [0.25, 0.3) is 0 Å². The number of aryl methyl sites for hydroxylation is 1. The van der Waals surface area contributed by atoms with Gasteiger partial charge < -0.3 is 10.9 Å². The molecule has 1 aromatic carbocycles. The van der Waals surface area contributed by atoms with Crippen molar-refractivity contribution < 1.29 is 13.6 Å². The molecule has 2 atom stereocenters. The number of sulfonamides is 1. The summed E-state index contributed by atoms with van der Waals surface area (Å²) >= 11 is 0. The van der Waals surface area contributed by atoms with E-state index in [2.05, 4.69) is 9.88 Å². The van der Waals surface area contributed by atoms with Crippen LogP contribution in [0.2, 0.25) is 0 Å². The monoisotopic (exact) mass is 311 g/mol. The van der Waals surface area contributed by atoms with Crippen molar-refractivity contribution in [3.8, 4) is 0 Å². The topological polar surface area (TPSA) is 105 Å². The standard InChI is InChI=1S/C14H21N3O3S/c15-14(16-18)12-7-4-8-13(12)17-21(19,20)10-9-11-5-2-1-3-6-11/h1-3,5-6,12-13,17-18H,4,7-10H2,(H2,15,16). The first-order valence-corrected chi connectivity index (χ1v) is 8.68. The van der Waals surface area contributed by atoms with Gasteiger partial charge in [-0.3, -0.25) is 0 Å². The third-order valence-corrected chi connectivity index (χ3v) is 5.25. The van der Waals surface area contributed by atoms with Crippen molar-refractivity contribution in [2.45, 2.75) is 31.7 Å². The van der Waals surface area contributed by atoms with Crippen LogP contribution in [-0.2, 0) is 16.4 Å². The van der Waals surface area contributed by atoms with E-state index in [0.717, 1.165) is 18.4 Å². The fourth-order valence-electron chi connectivity index (χ4n) is 2.72. The third-order valence-electron chi connectivity index (χ3n) is 3.84. The first-order valence-electron chi connectivity index (χ1n) is 7.03. The van der Waals surface area contributed by atoms with Crippen LogP contribution in [0.5, 0.6) is 0 Å². The highest BCUT2D eigenvalue weighted by atomic mass is 32.2. The van der Waals surface area contributed by atoms with Crippen molar-refractivity contribution in [1.82, 2.24) is 4.72 Å². The Morgan fingerprint density at radius 3 is 2.71 bits per heavy atom. The molecule has 0 spiro atoms. The lowest BCUT2D eigenvalue weighted by Crippen LogP contribution is -2.43. The maximum atomic E-state index is 12.2. The van der Waals surface area contributed by atoms with E-state index in [1.54, 1.807) is 0 Å². The molecule has 4 N–H and O–H groups in total. The highest BCUT2D eigenvalue weighted by molar-refractivity contribution is 7.89. The normalized spacial score (nSPS) is 23.3. The van der Waals surface area contributed by atoms with Crippen LogP contribution in [0.1, 0.15) is 24.8 Å². The summed E-state index contributed by atoms with van der Waals surface area (Å²) in [6.07, 6.45) is 2.79. The summed E-state index contributed by atoms with van der Waals surface area (Å²) in [4.78, 5) is 0. The van der Waals surface area contributed by atoms with Gasteiger partial charge in [0, 0.05) is 12.0 Å². The van der Waals surface area contributed by atoms with E-state index >= 15 is 0 Å². The zero-order valence-corrected chi connectivity index (χ0v) is 12.6. The number of nitrogens with one attached hydrogen (secondary N) is 1. The first kappa shape index (κ1) is 15.8. The van der Waals surface area contributed by atoms with Gasteiger partial charge in [0.05, 0.1) is 5.75 Å². The Morgan fingerprint density at radius 2 is 2.05 bits per heavy atom. The zero-order chi connectivity index (χ0) is 15.3. The summed E-state index contributed by atoms with van der Waals surface area (Å²) in [6, 6.07) is 9.22. The number of hydrogen-bond acceptors (Lipinski definition) is 4. The molecular weight excluding hydrogens is 290 g/mol. The van der Waals surface area contributed by atoms with E-state index in [9.17, 15) is 8.42 Å². The lowest BCUT2D eigenvalue weighted by atomic mass is 10.0. The van der Waals surface area contributed by atoms with Gasteiger partial charge in [-0.15, -0.1) is 0 Å². The first-order chi connectivity index (χ1) is 10.0. The van der Waals surface area contributed by atoms with Crippen LogP contribution in [0.15, 0.2) is 35.5 Å². The van der Waals surface area contributed by atoms with Gasteiger partial charge in [0.2, 0.25) is 10.0 Å². The smallest absolute Gasteiger partial charge is 0.212 e. The predicted octanol–water partition coefficient (Wildman–Crippen LogP) is 1.06. The lowest BCUT2D eigenvalue weighted by Gasteiger charge is -2.19. The summed E-state index contributed by atoms with van der Waals surface area (Å²) in [5, 5.41) is 11.8. The van der Waals surface area contributed by atoms with Crippen molar-refractivity contribution in [2.24, 2.45) is 16.8 Å². The highest BCUT2D eigenvalue weighted by Gasteiger charge is 2.33. The summed E-state index contributed by atoms with van der Waals surface area (Å²) in [5.41, 5.74) is 6.61. The SMILES string of the molecule is N/C(=N/O)C1CCCC1NS(=O)(=O)CCc1ccccc1. The number of oxime groups is 1. The highest BCUT2D eigenvalue weighted by Crippen LogP contribution is 2.26. The van der Waals surface area contributed by atoms with Crippen molar-refractivity contribution in [2.75, 3.05) is 5.75 Å². The molecule has 1 aliphatic carbocycles. The molecule has 0 radical (unpaired) electrons. The van der Waals surface area contributed by atoms with Crippen LogP contribution < -0.4 is 10.5 Å². The van der Waals surface area contributed by atoms with Crippen LogP contribution in [0.4, 0.5) is 0 Å². The molecule has 1 saturated carbocycles. The molecule has 1 fully saturated rings. The van der Waals surface area contributed by atoms with Gasteiger partial charge in [-0.1, -0.05) is 41.9 Å². The number of amidine groups is 1. The van der Waals surface area contributed by atoms with Crippen molar-refractivity contribution in [3.05, 3.63) is 35.9 Å². The second kappa shape index (κ2) is 6.91. The largest absolute Gasteiger partial charge is 0.409 e. The Hall–Kier alpha value is -1.60. The van der Waals surface area contributed by atoms with E-state index in [0.29, 0.717) is 12.8 Å². The number of nitrogens with zero attached hydrogens (tertiary/aromatic N) is 1. The van der Waals surface area contributed by atoms with Crippen LogP contribution in [0, 0.1) is 5.92 Å². The molecule has 0 aromatic heterocycles. The average Bonchev–Trinajstić information content (AvgIpc) is 2.93.